The van der Waals surface area contributed by atoms with Gasteiger partial charge in [-0.1, -0.05) is 20.3 Å². The van der Waals surface area contributed by atoms with Gasteiger partial charge >= 0.3 is 0 Å². The summed E-state index contributed by atoms with van der Waals surface area (Å²) < 4.78 is 11.3. The molecule has 0 aliphatic carbocycles. The molecular weight excluding hydrogens is 240 g/mol. The van der Waals surface area contributed by atoms with E-state index in [0.29, 0.717) is 6.61 Å². The molecule has 0 bridgehead atoms. The standard InChI is InChI=1S/C15H26N2O2/c1-5-9-13(19-7-3)15(16-6-2)14-12(18-4)10-8-11-17-14/h8,10-11,13,15-16H,5-7,9H2,1-4H3. The molecule has 0 aliphatic rings. The summed E-state index contributed by atoms with van der Waals surface area (Å²) in [5.74, 6) is 0.814. The van der Waals surface area contributed by atoms with Crippen LogP contribution in [-0.4, -0.2) is 31.3 Å². The van der Waals surface area contributed by atoms with Crippen molar-refractivity contribution < 1.29 is 9.47 Å². The highest BCUT2D eigenvalue weighted by atomic mass is 16.5. The lowest BCUT2D eigenvalue weighted by molar-refractivity contribution is 0.0263. The largest absolute Gasteiger partial charge is 0.495 e. The quantitative estimate of drug-likeness (QED) is 0.746. The van der Waals surface area contributed by atoms with Gasteiger partial charge in [0.25, 0.3) is 0 Å². The van der Waals surface area contributed by atoms with Gasteiger partial charge in [0, 0.05) is 12.8 Å². The third kappa shape index (κ3) is 4.48. The SMILES string of the molecule is CCCC(OCC)C(NCC)c1ncccc1OC. The van der Waals surface area contributed by atoms with E-state index in [4.69, 9.17) is 9.47 Å². The first-order valence-corrected chi connectivity index (χ1v) is 7.12. The number of nitrogens with one attached hydrogen (secondary N) is 1. The lowest BCUT2D eigenvalue weighted by Crippen LogP contribution is -2.35. The molecule has 1 heterocycles. The Morgan fingerprint density at radius 1 is 1.32 bits per heavy atom. The van der Waals surface area contributed by atoms with Crippen LogP contribution >= 0.6 is 0 Å². The van der Waals surface area contributed by atoms with Crippen molar-refractivity contribution in [3.8, 4) is 5.75 Å². The fourth-order valence-electron chi connectivity index (χ4n) is 2.28. The average molecular weight is 266 g/mol. The number of likely N-dealkylation sites (N-methyl/N-ethyl adjacent to an activating group) is 1. The van der Waals surface area contributed by atoms with Gasteiger partial charge in [-0.15, -0.1) is 0 Å². The monoisotopic (exact) mass is 266 g/mol. The average Bonchev–Trinajstić information content (AvgIpc) is 2.44. The van der Waals surface area contributed by atoms with Gasteiger partial charge in [0.15, 0.2) is 0 Å². The smallest absolute Gasteiger partial charge is 0.142 e. The van der Waals surface area contributed by atoms with E-state index < -0.39 is 0 Å². The number of aromatic nitrogens is 1. The molecule has 108 valence electrons. The number of rotatable bonds is 9. The Labute approximate surface area is 116 Å². The number of nitrogens with zero attached hydrogens (tertiary/aromatic N) is 1. The molecule has 0 spiro atoms. The summed E-state index contributed by atoms with van der Waals surface area (Å²) >= 11 is 0. The molecule has 19 heavy (non-hydrogen) atoms. The summed E-state index contributed by atoms with van der Waals surface area (Å²) in [6, 6.07) is 3.91. The number of pyridine rings is 1. The fourth-order valence-corrected chi connectivity index (χ4v) is 2.28. The van der Waals surface area contributed by atoms with Gasteiger partial charge in [-0.05, 0) is 32.0 Å². The molecule has 2 atom stereocenters. The summed E-state index contributed by atoms with van der Waals surface area (Å²) in [6.07, 6.45) is 4.02. The van der Waals surface area contributed by atoms with E-state index in [1.54, 1.807) is 13.3 Å². The highest BCUT2D eigenvalue weighted by Crippen LogP contribution is 2.28. The molecule has 0 radical (unpaired) electrons. The maximum absolute atomic E-state index is 5.89. The first-order chi connectivity index (χ1) is 9.28. The molecule has 0 saturated carbocycles. The van der Waals surface area contributed by atoms with Crippen LogP contribution in [0.2, 0.25) is 0 Å². The van der Waals surface area contributed by atoms with Gasteiger partial charge in [-0.3, -0.25) is 4.98 Å². The Balaban J connectivity index is 3.02. The lowest BCUT2D eigenvalue weighted by Gasteiger charge is -2.28. The second-order valence-electron chi connectivity index (χ2n) is 4.41. The van der Waals surface area contributed by atoms with Crippen molar-refractivity contribution in [3.63, 3.8) is 0 Å². The van der Waals surface area contributed by atoms with Crippen molar-refractivity contribution in [2.45, 2.75) is 45.8 Å². The third-order valence-corrected chi connectivity index (χ3v) is 3.06. The van der Waals surface area contributed by atoms with Crippen LogP contribution in [0.1, 0.15) is 45.3 Å². The van der Waals surface area contributed by atoms with Gasteiger partial charge < -0.3 is 14.8 Å². The van der Waals surface area contributed by atoms with Crippen molar-refractivity contribution in [2.24, 2.45) is 0 Å². The van der Waals surface area contributed by atoms with Crippen LogP contribution in [0.4, 0.5) is 0 Å². The molecular formula is C15H26N2O2. The lowest BCUT2D eigenvalue weighted by atomic mass is 10.0. The number of hydrogen-bond acceptors (Lipinski definition) is 4. The molecule has 1 rings (SSSR count). The van der Waals surface area contributed by atoms with Gasteiger partial charge in [-0.2, -0.15) is 0 Å². The number of hydrogen-bond donors (Lipinski definition) is 1. The predicted octanol–water partition coefficient (Wildman–Crippen LogP) is 2.95. The van der Waals surface area contributed by atoms with E-state index in [1.807, 2.05) is 19.1 Å². The van der Waals surface area contributed by atoms with E-state index in [2.05, 4.69) is 24.1 Å². The van der Waals surface area contributed by atoms with E-state index in [9.17, 15) is 0 Å². The van der Waals surface area contributed by atoms with E-state index in [-0.39, 0.29) is 12.1 Å². The van der Waals surface area contributed by atoms with Crippen LogP contribution in [0.15, 0.2) is 18.3 Å². The molecule has 0 aliphatic heterocycles. The fraction of sp³-hybridized carbons (Fsp3) is 0.667. The minimum Gasteiger partial charge on any atom is -0.495 e. The molecule has 0 aromatic carbocycles. The Morgan fingerprint density at radius 2 is 2.11 bits per heavy atom. The van der Waals surface area contributed by atoms with Crippen LogP contribution in [0, 0.1) is 0 Å². The first kappa shape index (κ1) is 15.9. The van der Waals surface area contributed by atoms with Crippen molar-refractivity contribution in [2.75, 3.05) is 20.3 Å². The Kier molecular flexibility index (Phi) is 7.45. The van der Waals surface area contributed by atoms with Crippen LogP contribution in [0.3, 0.4) is 0 Å². The van der Waals surface area contributed by atoms with Gasteiger partial charge in [-0.25, -0.2) is 0 Å². The number of methoxy groups -OCH3 is 1. The predicted molar refractivity (Wildman–Crippen MR) is 77.5 cm³/mol. The van der Waals surface area contributed by atoms with E-state index in [1.165, 1.54) is 0 Å². The normalized spacial score (nSPS) is 14.1. The summed E-state index contributed by atoms with van der Waals surface area (Å²) in [5.41, 5.74) is 0.929. The number of ether oxygens (including phenoxy) is 2. The molecule has 2 unspecified atom stereocenters. The van der Waals surface area contributed by atoms with Crippen molar-refractivity contribution in [3.05, 3.63) is 24.0 Å². The second-order valence-corrected chi connectivity index (χ2v) is 4.41. The molecule has 1 aromatic rings. The Morgan fingerprint density at radius 3 is 2.68 bits per heavy atom. The maximum atomic E-state index is 5.89. The molecule has 0 fully saturated rings. The van der Waals surface area contributed by atoms with Crippen molar-refractivity contribution in [1.29, 1.82) is 0 Å². The summed E-state index contributed by atoms with van der Waals surface area (Å²) in [6.45, 7) is 7.88. The zero-order chi connectivity index (χ0) is 14.1. The highest BCUT2D eigenvalue weighted by Gasteiger charge is 2.26. The molecule has 1 N–H and O–H groups in total. The van der Waals surface area contributed by atoms with Gasteiger partial charge in [0.05, 0.1) is 19.3 Å². The second kappa shape index (κ2) is 8.88. The summed E-state index contributed by atoms with van der Waals surface area (Å²) in [7, 11) is 1.68. The topological polar surface area (TPSA) is 43.4 Å². The minimum absolute atomic E-state index is 0.0704. The molecule has 0 amide bonds. The van der Waals surface area contributed by atoms with Crippen LogP contribution in [-0.2, 0) is 4.74 Å². The van der Waals surface area contributed by atoms with Crippen molar-refractivity contribution >= 4 is 0 Å². The van der Waals surface area contributed by atoms with Gasteiger partial charge in [0.2, 0.25) is 0 Å². The molecule has 4 heteroatoms. The molecule has 0 saturated heterocycles. The van der Waals surface area contributed by atoms with Crippen LogP contribution in [0.25, 0.3) is 0 Å². The zero-order valence-corrected chi connectivity index (χ0v) is 12.5. The molecule has 1 aromatic heterocycles. The highest BCUT2D eigenvalue weighted by molar-refractivity contribution is 5.30. The van der Waals surface area contributed by atoms with Crippen LogP contribution < -0.4 is 10.1 Å². The molecule has 4 nitrogen and oxygen atoms in total. The Bertz CT molecular complexity index is 352. The van der Waals surface area contributed by atoms with E-state index in [0.717, 1.165) is 30.8 Å². The summed E-state index contributed by atoms with van der Waals surface area (Å²) in [5, 5.41) is 3.48. The zero-order valence-electron chi connectivity index (χ0n) is 12.5. The van der Waals surface area contributed by atoms with Crippen molar-refractivity contribution in [1.82, 2.24) is 10.3 Å². The Hall–Kier alpha value is -1.13. The summed E-state index contributed by atoms with van der Waals surface area (Å²) in [4.78, 5) is 4.49. The maximum Gasteiger partial charge on any atom is 0.142 e. The van der Waals surface area contributed by atoms with E-state index >= 15 is 0 Å². The minimum atomic E-state index is 0.0704. The van der Waals surface area contributed by atoms with Gasteiger partial charge in [0.1, 0.15) is 11.4 Å². The van der Waals surface area contributed by atoms with Crippen LogP contribution in [0.5, 0.6) is 5.75 Å². The third-order valence-electron chi connectivity index (χ3n) is 3.06. The first-order valence-electron chi connectivity index (χ1n) is 7.12.